The Bertz CT molecular complexity index is 3250. The molecule has 0 unspecified atom stereocenters. The van der Waals surface area contributed by atoms with Crippen LogP contribution in [0.5, 0.6) is 46.0 Å². The first-order valence-corrected chi connectivity index (χ1v) is 48.0. The Morgan fingerprint density at radius 3 is 0.438 bits per heavy atom. The molecular weight excluding hydrogens is 1660 g/mol. The smallest absolute Gasteiger partial charge is 0.469 e. The van der Waals surface area contributed by atoms with E-state index in [0.29, 0.717) is 77.0 Å². The maximum atomic E-state index is 12.3. The van der Waals surface area contributed by atoms with E-state index in [0.717, 1.165) is 0 Å². The lowest BCUT2D eigenvalue weighted by atomic mass is 9.76. The molecule has 0 fully saturated rings. The first kappa shape index (κ1) is 98.7. The van der Waals surface area contributed by atoms with Crippen molar-refractivity contribution in [2.24, 2.45) is 0 Å². The summed E-state index contributed by atoms with van der Waals surface area (Å²) < 4.78 is 189. The van der Waals surface area contributed by atoms with Gasteiger partial charge < -0.3 is 116 Å². The number of ether oxygens (including phenoxy) is 8. The maximum Gasteiger partial charge on any atom is 0.469 e. The second-order valence-corrected chi connectivity index (χ2v) is 35.2. The van der Waals surface area contributed by atoms with E-state index in [9.17, 15) is 115 Å². The van der Waals surface area contributed by atoms with E-state index in [2.05, 4.69) is 0 Å². The number of hydrogen-bond donors (Lipinski definition) is 16. The van der Waals surface area contributed by atoms with Gasteiger partial charge >= 0.3 is 62.6 Å². The van der Waals surface area contributed by atoms with Crippen LogP contribution in [-0.4, -0.2) is 184 Å². The zero-order valence-corrected chi connectivity index (χ0v) is 69.2. The van der Waals surface area contributed by atoms with E-state index in [1.54, 1.807) is 24.3 Å². The van der Waals surface area contributed by atoms with Crippen molar-refractivity contribution in [1.82, 2.24) is 0 Å². The highest BCUT2D eigenvalue weighted by atomic mass is 31.2. The van der Waals surface area contributed by atoms with Crippen molar-refractivity contribution in [3.63, 3.8) is 0 Å². The Morgan fingerprint density at radius 1 is 0.205 bits per heavy atom. The molecule has 48 heteroatoms. The number of benzene rings is 4. The average Bonchev–Trinajstić information content (AvgIpc) is 0.747. The average molecular weight is 1760 g/mol. The molecule has 40 nitrogen and oxygen atoms in total. The number of rotatable bonds is 56. The summed E-state index contributed by atoms with van der Waals surface area (Å²) >= 11 is 0. The molecule has 4 aromatic rings. The van der Waals surface area contributed by atoms with Crippen LogP contribution in [0.4, 0.5) is 0 Å². The molecule has 0 aliphatic heterocycles. The van der Waals surface area contributed by atoms with Gasteiger partial charge in [-0.2, -0.15) is 0 Å². The highest BCUT2D eigenvalue weighted by Crippen LogP contribution is 2.55. The summed E-state index contributed by atoms with van der Waals surface area (Å²) in [6.07, 6.45) is 6.38. The molecule has 16 N–H and O–H groups in total. The lowest BCUT2D eigenvalue weighted by Gasteiger charge is -2.32. The Kier molecular flexibility index (Phi) is 41.5. The van der Waals surface area contributed by atoms with Crippen molar-refractivity contribution in [2.45, 2.75) is 154 Å². The monoisotopic (exact) mass is 1760 g/mol. The summed E-state index contributed by atoms with van der Waals surface area (Å²) in [5.41, 5.74) is 1.80. The van der Waals surface area contributed by atoms with Crippen LogP contribution in [0.15, 0.2) is 48.5 Å². The summed E-state index contributed by atoms with van der Waals surface area (Å²) in [7, 11) is -41.6. The van der Waals surface area contributed by atoms with Gasteiger partial charge in [-0.25, -0.2) is 36.5 Å². The molecule has 0 saturated heterocycles. The van der Waals surface area contributed by atoms with Gasteiger partial charge in [0.2, 0.25) is 0 Å². The lowest BCUT2D eigenvalue weighted by molar-refractivity contribution is 0.155. The summed E-state index contributed by atoms with van der Waals surface area (Å²) in [5, 5.41) is 0. The summed E-state index contributed by atoms with van der Waals surface area (Å²) in [6.45, 7) is -3.33. The van der Waals surface area contributed by atoms with Gasteiger partial charge in [-0.3, -0.25) is 36.2 Å². The fourth-order valence-electron chi connectivity index (χ4n) is 12.3. The molecule has 4 aromatic carbocycles. The number of phosphoric ester groups is 8. The van der Waals surface area contributed by atoms with Crippen LogP contribution in [0.1, 0.15) is 199 Å². The van der Waals surface area contributed by atoms with Gasteiger partial charge in [-0.1, -0.05) is 105 Å². The highest BCUT2D eigenvalue weighted by molar-refractivity contribution is 7.48. The van der Waals surface area contributed by atoms with E-state index in [1.807, 2.05) is 27.7 Å². The number of phosphoric acid groups is 8. The van der Waals surface area contributed by atoms with Crippen LogP contribution >= 0.6 is 62.6 Å². The van der Waals surface area contributed by atoms with Gasteiger partial charge in [0.15, 0.2) is 0 Å². The quantitative estimate of drug-likeness (QED) is 0.0144. The van der Waals surface area contributed by atoms with Crippen molar-refractivity contribution in [2.75, 3.05) is 106 Å². The largest absolute Gasteiger partial charge is 0.491 e. The minimum absolute atomic E-state index is 0.103. The molecule has 0 saturated carbocycles. The molecule has 0 radical (unpaired) electrons. The third kappa shape index (κ3) is 37.8. The second-order valence-electron chi connectivity index (χ2n) is 25.3. The predicted octanol–water partition coefficient (Wildman–Crippen LogP) is 10.8. The molecule has 640 valence electrons. The molecule has 1 aliphatic carbocycles. The van der Waals surface area contributed by atoms with Crippen LogP contribution in [0.25, 0.3) is 0 Å². The van der Waals surface area contributed by atoms with Crippen molar-refractivity contribution in [3.05, 3.63) is 93.0 Å². The van der Waals surface area contributed by atoms with Crippen molar-refractivity contribution in [3.8, 4) is 46.0 Å². The normalized spacial score (nSPS) is 16.0. The minimum atomic E-state index is -5.19. The fourth-order valence-corrected chi connectivity index (χ4v) is 14.8. The molecule has 112 heavy (non-hydrogen) atoms. The highest BCUT2D eigenvalue weighted by Gasteiger charge is 2.37. The molecule has 1 aliphatic rings. The summed E-state index contributed by atoms with van der Waals surface area (Å²) in [4.78, 5) is 159. The van der Waals surface area contributed by atoms with Crippen molar-refractivity contribution in [1.29, 1.82) is 0 Å². The number of hydrogen-bond acceptors (Lipinski definition) is 24. The molecule has 0 spiro atoms. The van der Waals surface area contributed by atoms with E-state index in [-0.39, 0.29) is 116 Å². The van der Waals surface area contributed by atoms with Crippen molar-refractivity contribution < 1.29 is 189 Å². The molecule has 5 rings (SSSR count). The Morgan fingerprint density at radius 2 is 0.330 bits per heavy atom. The number of fused-ring (bicyclic) bond motifs is 8. The van der Waals surface area contributed by atoms with E-state index >= 15 is 0 Å². The standard InChI is InChI=1S/C64H104O40P8/c1-5-9-13-17-45-49-37-51(59(91-23-31-99-107(71,72)73)41-57(49)89-21-29-97-105(65,66)67)46(18-14-10-6-2)53-39-55(63(95-27-35-103-111(83,84)85)43-61(53)93-25-33-101-109(77,78)79)48(20-16-12-8-4)56-40-54(62(94-26-34-102-110(80,81)82)44-64(56)96-28-36-104-112(86,87)88)47(19-15-11-7-3)52-38-50(45)58(90-22-30-98-106(68,69)70)42-60(52)92-24-32-100-108(74,75)76/h37-48H,5-36H2,1-4H3,(H2,65,66,67)(H2,68,69,70)(H2,71,72,73)(H2,74,75,76)(H2,77,78,79)(H2,80,81,82)(H2,83,84,85)(H2,86,87,88). The summed E-state index contributed by atoms with van der Waals surface area (Å²) in [6, 6.07) is 12.3. The van der Waals surface area contributed by atoms with Gasteiger partial charge in [0.1, 0.15) is 98.9 Å². The zero-order chi connectivity index (χ0) is 83.1. The molecule has 0 atom stereocenters. The van der Waals surface area contributed by atoms with E-state index in [4.69, 9.17) is 74.1 Å². The molecule has 0 heterocycles. The second kappa shape index (κ2) is 47.1. The van der Waals surface area contributed by atoms with Crippen LogP contribution in [0.2, 0.25) is 0 Å². The Balaban J connectivity index is 2.31. The Labute approximate surface area is 647 Å². The van der Waals surface area contributed by atoms with Crippen LogP contribution in [0.3, 0.4) is 0 Å². The maximum absolute atomic E-state index is 12.3. The zero-order valence-electron chi connectivity index (χ0n) is 62.1. The van der Waals surface area contributed by atoms with Gasteiger partial charge in [-0.05, 0) is 49.9 Å². The lowest BCUT2D eigenvalue weighted by Crippen LogP contribution is -2.18. The van der Waals surface area contributed by atoms with Crippen LogP contribution in [-0.2, 0) is 72.7 Å². The third-order valence-electron chi connectivity index (χ3n) is 16.8. The van der Waals surface area contributed by atoms with Gasteiger partial charge in [0, 0.05) is 92.4 Å². The predicted molar refractivity (Wildman–Crippen MR) is 398 cm³/mol. The topological polar surface area (TPSA) is 608 Å². The van der Waals surface area contributed by atoms with Crippen LogP contribution < -0.4 is 37.9 Å². The Hall–Kier alpha value is -3.84. The third-order valence-corrected chi connectivity index (χ3v) is 20.9. The first-order valence-electron chi connectivity index (χ1n) is 35.8. The molecular formula is C64H104O40P8. The van der Waals surface area contributed by atoms with Crippen LogP contribution in [0, 0.1) is 0 Å². The summed E-state index contributed by atoms with van der Waals surface area (Å²) in [5.74, 6) is -5.19. The SMILES string of the molecule is CCCCCC1c2cc(c(OCCOP(=O)(O)O)cc2OCCOP(=O)(O)O)C(CCCCC)c2cc(c(OCCOP(=O)(O)O)cc2OCCOP(=O)(O)O)C(CCCCC)c2cc(c(OCCOP(=O)(O)O)cc2OCCOP(=O)(O)O)C(CCCCC)c2cc1c(OCCOP(=O)(O)O)cc2OCCOP(=O)(O)O. The minimum Gasteiger partial charge on any atom is -0.491 e. The molecule has 0 aromatic heterocycles. The number of unbranched alkanes of at least 4 members (excludes halogenated alkanes) is 8. The van der Waals surface area contributed by atoms with Gasteiger partial charge in [0.25, 0.3) is 0 Å². The van der Waals surface area contributed by atoms with E-state index in [1.165, 1.54) is 24.3 Å². The fraction of sp³-hybridized carbons (Fsp3) is 0.625. The van der Waals surface area contributed by atoms with E-state index < -0.39 is 192 Å². The van der Waals surface area contributed by atoms with Crippen molar-refractivity contribution >= 4 is 62.6 Å². The van der Waals surface area contributed by atoms with Gasteiger partial charge in [0.05, 0.1) is 52.9 Å². The van der Waals surface area contributed by atoms with Gasteiger partial charge in [-0.15, -0.1) is 0 Å². The first-order chi connectivity index (χ1) is 52.4. The molecule has 8 bridgehead atoms. The molecule has 0 amide bonds.